The van der Waals surface area contributed by atoms with Gasteiger partial charge < -0.3 is 10.2 Å². The Bertz CT molecular complexity index is 681. The van der Waals surface area contributed by atoms with Crippen molar-refractivity contribution in [1.82, 2.24) is 5.32 Å². The van der Waals surface area contributed by atoms with Gasteiger partial charge in [0.2, 0.25) is 5.91 Å². The highest BCUT2D eigenvalue weighted by Gasteiger charge is 2.28. The van der Waals surface area contributed by atoms with E-state index >= 15 is 0 Å². The van der Waals surface area contributed by atoms with E-state index < -0.39 is 0 Å². The normalized spacial score (nSPS) is 16.9. The summed E-state index contributed by atoms with van der Waals surface area (Å²) in [5.74, 6) is 0.159. The van der Waals surface area contributed by atoms with Crippen LogP contribution in [0.15, 0.2) is 48.5 Å². The van der Waals surface area contributed by atoms with Crippen LogP contribution in [0.2, 0.25) is 0 Å². The van der Waals surface area contributed by atoms with E-state index in [2.05, 4.69) is 30.4 Å². The SMILES string of the molecule is CCN(C(=O)C1Cc2ccccc2CN1)c1ccccc1C. The van der Waals surface area contributed by atoms with Crippen LogP contribution < -0.4 is 10.2 Å². The lowest BCUT2D eigenvalue weighted by Gasteiger charge is -2.31. The summed E-state index contributed by atoms with van der Waals surface area (Å²) in [6.07, 6.45) is 0.761. The van der Waals surface area contributed by atoms with Gasteiger partial charge in [0.25, 0.3) is 0 Å². The zero-order chi connectivity index (χ0) is 15.5. The lowest BCUT2D eigenvalue weighted by atomic mass is 9.95. The Morgan fingerprint density at radius 3 is 2.55 bits per heavy atom. The van der Waals surface area contributed by atoms with E-state index in [-0.39, 0.29) is 11.9 Å². The number of anilines is 1. The van der Waals surface area contributed by atoms with Crippen LogP contribution in [-0.4, -0.2) is 18.5 Å². The van der Waals surface area contributed by atoms with Crippen LogP contribution in [0.1, 0.15) is 23.6 Å². The van der Waals surface area contributed by atoms with Gasteiger partial charge in [-0.1, -0.05) is 42.5 Å². The van der Waals surface area contributed by atoms with Crippen LogP contribution >= 0.6 is 0 Å². The molecule has 0 spiro atoms. The molecular weight excluding hydrogens is 272 g/mol. The maximum atomic E-state index is 13.0. The Hall–Kier alpha value is -2.13. The van der Waals surface area contributed by atoms with E-state index in [1.54, 1.807) is 0 Å². The van der Waals surface area contributed by atoms with Crippen molar-refractivity contribution in [3.8, 4) is 0 Å². The van der Waals surface area contributed by atoms with E-state index in [1.165, 1.54) is 11.1 Å². The molecule has 1 heterocycles. The first-order valence-electron chi connectivity index (χ1n) is 7.88. The van der Waals surface area contributed by atoms with Gasteiger partial charge in [-0.15, -0.1) is 0 Å². The van der Waals surface area contributed by atoms with Gasteiger partial charge in [-0.05, 0) is 43.0 Å². The van der Waals surface area contributed by atoms with Gasteiger partial charge in [-0.25, -0.2) is 0 Å². The van der Waals surface area contributed by atoms with Gasteiger partial charge >= 0.3 is 0 Å². The Kier molecular flexibility index (Phi) is 4.25. The third-order valence-electron chi connectivity index (χ3n) is 4.37. The molecule has 1 aliphatic heterocycles. The first-order chi connectivity index (χ1) is 10.7. The predicted octanol–water partition coefficient (Wildman–Crippen LogP) is 3.06. The number of fused-ring (bicyclic) bond motifs is 1. The number of likely N-dealkylation sites (N-methyl/N-ethyl adjacent to an activating group) is 1. The lowest BCUT2D eigenvalue weighted by molar-refractivity contribution is -0.120. The van der Waals surface area contributed by atoms with Crippen LogP contribution in [-0.2, 0) is 17.8 Å². The zero-order valence-corrected chi connectivity index (χ0v) is 13.2. The molecule has 0 radical (unpaired) electrons. The predicted molar refractivity (Wildman–Crippen MR) is 90.0 cm³/mol. The van der Waals surface area contributed by atoms with Gasteiger partial charge in [0.05, 0.1) is 6.04 Å². The quantitative estimate of drug-likeness (QED) is 0.943. The molecule has 0 fully saturated rings. The minimum Gasteiger partial charge on any atom is -0.311 e. The molecule has 0 saturated heterocycles. The number of carbonyl (C=O) groups excluding carboxylic acids is 1. The standard InChI is InChI=1S/C19H22N2O/c1-3-21(18-11-7-4-8-14(18)2)19(22)17-12-15-9-5-6-10-16(15)13-20-17/h4-11,17,20H,3,12-13H2,1-2H3. The third-order valence-corrected chi connectivity index (χ3v) is 4.37. The summed E-state index contributed by atoms with van der Waals surface area (Å²) in [4.78, 5) is 14.8. The van der Waals surface area contributed by atoms with Crippen molar-refractivity contribution in [3.63, 3.8) is 0 Å². The van der Waals surface area contributed by atoms with Crippen LogP contribution in [0.5, 0.6) is 0 Å². The second kappa shape index (κ2) is 6.32. The molecule has 2 aromatic carbocycles. The highest BCUT2D eigenvalue weighted by Crippen LogP contribution is 2.23. The van der Waals surface area contributed by atoms with Crippen LogP contribution in [0.3, 0.4) is 0 Å². The van der Waals surface area contributed by atoms with Crippen molar-refractivity contribution in [1.29, 1.82) is 0 Å². The van der Waals surface area contributed by atoms with Crippen LogP contribution in [0.4, 0.5) is 5.69 Å². The summed E-state index contributed by atoms with van der Waals surface area (Å²) in [6.45, 7) is 5.53. The number of aryl methyl sites for hydroxylation is 1. The maximum absolute atomic E-state index is 13.0. The Morgan fingerprint density at radius 2 is 1.82 bits per heavy atom. The van der Waals surface area contributed by atoms with Gasteiger partial charge in [-0.2, -0.15) is 0 Å². The number of rotatable bonds is 3. The van der Waals surface area contributed by atoms with E-state index in [1.807, 2.05) is 42.2 Å². The number of para-hydroxylation sites is 1. The second-order valence-corrected chi connectivity index (χ2v) is 5.78. The van der Waals surface area contributed by atoms with Gasteiger partial charge in [-0.3, -0.25) is 4.79 Å². The maximum Gasteiger partial charge on any atom is 0.244 e. The number of benzene rings is 2. The van der Waals surface area contributed by atoms with Gasteiger partial charge in [0.1, 0.15) is 0 Å². The molecule has 3 nitrogen and oxygen atoms in total. The molecule has 0 aliphatic carbocycles. The number of carbonyl (C=O) groups is 1. The van der Waals surface area contributed by atoms with E-state index in [0.29, 0.717) is 6.54 Å². The van der Waals surface area contributed by atoms with Crippen LogP contribution in [0.25, 0.3) is 0 Å². The number of hydrogen-bond donors (Lipinski definition) is 1. The highest BCUT2D eigenvalue weighted by atomic mass is 16.2. The average molecular weight is 294 g/mol. The molecule has 0 aromatic heterocycles. The highest BCUT2D eigenvalue weighted by molar-refractivity contribution is 5.98. The van der Waals surface area contributed by atoms with Gasteiger partial charge in [0, 0.05) is 18.8 Å². The summed E-state index contributed by atoms with van der Waals surface area (Å²) in [6, 6.07) is 16.3. The topological polar surface area (TPSA) is 32.3 Å². The summed E-state index contributed by atoms with van der Waals surface area (Å²) in [7, 11) is 0. The molecular formula is C19H22N2O. The largest absolute Gasteiger partial charge is 0.311 e. The summed E-state index contributed by atoms with van der Waals surface area (Å²) in [5.41, 5.74) is 4.72. The minimum atomic E-state index is -0.144. The fraction of sp³-hybridized carbons (Fsp3) is 0.316. The van der Waals surface area contributed by atoms with Gasteiger partial charge in [0.15, 0.2) is 0 Å². The van der Waals surface area contributed by atoms with Crippen molar-refractivity contribution in [2.75, 3.05) is 11.4 Å². The Labute approximate surface area is 132 Å². The first kappa shape index (κ1) is 14.8. The monoisotopic (exact) mass is 294 g/mol. The number of hydrogen-bond acceptors (Lipinski definition) is 2. The van der Waals surface area contributed by atoms with Crippen molar-refractivity contribution < 1.29 is 4.79 Å². The molecule has 0 bridgehead atoms. The zero-order valence-electron chi connectivity index (χ0n) is 13.2. The van der Waals surface area contributed by atoms with E-state index in [9.17, 15) is 4.79 Å². The molecule has 3 heteroatoms. The Balaban J connectivity index is 1.83. The molecule has 1 amide bonds. The molecule has 1 unspecified atom stereocenters. The first-order valence-corrected chi connectivity index (χ1v) is 7.88. The van der Waals surface area contributed by atoms with Crippen molar-refractivity contribution in [2.45, 2.75) is 32.9 Å². The Morgan fingerprint density at radius 1 is 1.14 bits per heavy atom. The molecule has 2 aromatic rings. The summed E-state index contributed by atoms with van der Waals surface area (Å²) in [5, 5.41) is 3.39. The molecule has 1 N–H and O–H groups in total. The smallest absolute Gasteiger partial charge is 0.244 e. The molecule has 1 atom stereocenters. The van der Waals surface area contributed by atoms with E-state index in [4.69, 9.17) is 0 Å². The summed E-state index contributed by atoms with van der Waals surface area (Å²) >= 11 is 0. The second-order valence-electron chi connectivity index (χ2n) is 5.78. The fourth-order valence-corrected chi connectivity index (χ4v) is 3.13. The number of nitrogens with zero attached hydrogens (tertiary/aromatic N) is 1. The number of nitrogens with one attached hydrogen (secondary N) is 1. The van der Waals surface area contributed by atoms with Crippen molar-refractivity contribution >= 4 is 11.6 Å². The summed E-state index contributed by atoms with van der Waals surface area (Å²) < 4.78 is 0. The molecule has 0 saturated carbocycles. The van der Waals surface area contributed by atoms with Crippen molar-refractivity contribution in [2.24, 2.45) is 0 Å². The van der Waals surface area contributed by atoms with E-state index in [0.717, 1.165) is 24.2 Å². The minimum absolute atomic E-state index is 0.144. The number of amides is 1. The lowest BCUT2D eigenvalue weighted by Crippen LogP contribution is -2.49. The van der Waals surface area contributed by atoms with Crippen LogP contribution in [0, 0.1) is 6.92 Å². The average Bonchev–Trinajstić information content (AvgIpc) is 2.56. The molecule has 114 valence electrons. The third kappa shape index (κ3) is 2.77. The molecule has 3 rings (SSSR count). The molecule has 22 heavy (non-hydrogen) atoms. The van der Waals surface area contributed by atoms with Crippen molar-refractivity contribution in [3.05, 3.63) is 65.2 Å². The molecule has 1 aliphatic rings. The fourth-order valence-electron chi connectivity index (χ4n) is 3.13.